The van der Waals surface area contributed by atoms with Crippen LogP contribution in [0.1, 0.15) is 11.1 Å². The molecule has 2 heterocycles. The van der Waals surface area contributed by atoms with Crippen LogP contribution in [-0.4, -0.2) is 68.3 Å². The summed E-state index contributed by atoms with van der Waals surface area (Å²) in [7, 11) is 0. The highest BCUT2D eigenvalue weighted by atomic mass is 16.5. The van der Waals surface area contributed by atoms with E-state index >= 15 is 0 Å². The molecule has 2 aliphatic rings. The molecule has 0 bridgehead atoms. The van der Waals surface area contributed by atoms with Gasteiger partial charge < -0.3 is 15.0 Å². The minimum absolute atomic E-state index is 0.0704. The number of ether oxygens (including phenoxy) is 1. The summed E-state index contributed by atoms with van der Waals surface area (Å²) < 4.78 is 5.33. The van der Waals surface area contributed by atoms with E-state index in [0.29, 0.717) is 6.54 Å². The lowest BCUT2D eigenvalue weighted by Crippen LogP contribution is -2.45. The number of nitrogens with zero attached hydrogens (tertiary/aromatic N) is 2. The van der Waals surface area contributed by atoms with Crippen molar-refractivity contribution in [1.29, 1.82) is 0 Å². The fraction of sp³-hybridized carbons (Fsp3) is 0.588. The Labute approximate surface area is 132 Å². The highest BCUT2D eigenvalue weighted by Crippen LogP contribution is 2.15. The van der Waals surface area contributed by atoms with Crippen molar-refractivity contribution in [2.45, 2.75) is 12.8 Å². The van der Waals surface area contributed by atoms with E-state index in [2.05, 4.69) is 34.5 Å². The van der Waals surface area contributed by atoms with Crippen LogP contribution in [0.5, 0.6) is 0 Å². The molecule has 0 aromatic heterocycles. The molecule has 5 heteroatoms. The second-order valence-corrected chi connectivity index (χ2v) is 5.94. The van der Waals surface area contributed by atoms with Crippen LogP contribution in [0.25, 0.3) is 0 Å². The van der Waals surface area contributed by atoms with Gasteiger partial charge in [0, 0.05) is 39.3 Å². The number of carbonyl (C=O) groups excluding carboxylic acids is 1. The number of hydrogen-bond donors (Lipinski definition) is 1. The third-order valence-corrected chi connectivity index (χ3v) is 4.52. The van der Waals surface area contributed by atoms with E-state index < -0.39 is 0 Å². The van der Waals surface area contributed by atoms with Crippen LogP contribution < -0.4 is 5.32 Å². The third kappa shape index (κ3) is 3.99. The first-order valence-electron chi connectivity index (χ1n) is 8.22. The predicted octanol–water partition coefficient (Wildman–Crippen LogP) is 1.13. The van der Waals surface area contributed by atoms with Crippen LogP contribution in [0.4, 0.5) is 4.79 Å². The van der Waals surface area contributed by atoms with Gasteiger partial charge in [0.25, 0.3) is 0 Å². The second-order valence-electron chi connectivity index (χ2n) is 5.94. The van der Waals surface area contributed by atoms with Gasteiger partial charge in [-0.3, -0.25) is 4.90 Å². The number of morpholine rings is 1. The van der Waals surface area contributed by atoms with Crippen molar-refractivity contribution in [1.82, 2.24) is 15.1 Å². The normalized spacial score (nSPS) is 19.4. The zero-order valence-electron chi connectivity index (χ0n) is 13.1. The van der Waals surface area contributed by atoms with Gasteiger partial charge in [-0.1, -0.05) is 24.3 Å². The molecular formula is C17H25N3O2. The van der Waals surface area contributed by atoms with Gasteiger partial charge in [0.15, 0.2) is 0 Å². The lowest BCUT2D eigenvalue weighted by molar-refractivity contribution is 0.0386. The molecule has 2 aliphatic heterocycles. The van der Waals surface area contributed by atoms with Crippen molar-refractivity contribution in [3.8, 4) is 0 Å². The number of fused-ring (bicyclic) bond motifs is 1. The number of amides is 2. The average molecular weight is 303 g/mol. The standard InChI is InChI=1S/C17H25N3O2/c21-17(18-7-10-19-11-13-22-14-12-19)20-8-5-15-3-1-2-4-16(15)6-9-20/h1-4H,5-14H2,(H,18,21). The molecular weight excluding hydrogens is 278 g/mol. The molecule has 1 N–H and O–H groups in total. The molecule has 120 valence electrons. The fourth-order valence-electron chi connectivity index (χ4n) is 3.13. The molecule has 0 unspecified atom stereocenters. The Morgan fingerprint density at radius 2 is 1.68 bits per heavy atom. The second kappa shape index (κ2) is 7.61. The quantitative estimate of drug-likeness (QED) is 0.910. The highest BCUT2D eigenvalue weighted by Gasteiger charge is 2.18. The van der Waals surface area contributed by atoms with E-state index in [9.17, 15) is 4.79 Å². The molecule has 0 atom stereocenters. The molecule has 5 nitrogen and oxygen atoms in total. The average Bonchev–Trinajstić information content (AvgIpc) is 2.78. The molecule has 0 radical (unpaired) electrons. The smallest absolute Gasteiger partial charge is 0.317 e. The maximum absolute atomic E-state index is 12.3. The number of urea groups is 1. The molecule has 1 saturated heterocycles. The van der Waals surface area contributed by atoms with Crippen LogP contribution >= 0.6 is 0 Å². The Hall–Kier alpha value is -1.59. The van der Waals surface area contributed by atoms with Gasteiger partial charge in [-0.25, -0.2) is 4.79 Å². The summed E-state index contributed by atoms with van der Waals surface area (Å²) in [4.78, 5) is 16.6. The van der Waals surface area contributed by atoms with Crippen molar-refractivity contribution in [2.24, 2.45) is 0 Å². The topological polar surface area (TPSA) is 44.8 Å². The number of benzene rings is 1. The summed E-state index contributed by atoms with van der Waals surface area (Å²) in [5.74, 6) is 0. The molecule has 0 saturated carbocycles. The zero-order chi connectivity index (χ0) is 15.2. The Balaban J connectivity index is 1.43. The Bertz CT molecular complexity index is 473. The molecule has 22 heavy (non-hydrogen) atoms. The molecule has 1 aromatic carbocycles. The zero-order valence-corrected chi connectivity index (χ0v) is 13.1. The van der Waals surface area contributed by atoms with Gasteiger partial charge in [-0.2, -0.15) is 0 Å². The number of nitrogens with one attached hydrogen (secondary N) is 1. The lowest BCUT2D eigenvalue weighted by Gasteiger charge is -2.27. The maximum atomic E-state index is 12.3. The van der Waals surface area contributed by atoms with Crippen LogP contribution in [0.15, 0.2) is 24.3 Å². The number of rotatable bonds is 3. The fourth-order valence-corrected chi connectivity index (χ4v) is 3.13. The number of hydrogen-bond acceptors (Lipinski definition) is 3. The van der Waals surface area contributed by atoms with Gasteiger partial charge in [0.1, 0.15) is 0 Å². The van der Waals surface area contributed by atoms with E-state index in [1.54, 1.807) is 0 Å². The van der Waals surface area contributed by atoms with E-state index in [-0.39, 0.29) is 6.03 Å². The van der Waals surface area contributed by atoms with Crippen molar-refractivity contribution < 1.29 is 9.53 Å². The lowest BCUT2D eigenvalue weighted by atomic mass is 10.0. The first kappa shape index (κ1) is 15.3. The van der Waals surface area contributed by atoms with E-state index in [4.69, 9.17) is 4.74 Å². The molecule has 3 rings (SSSR count). The van der Waals surface area contributed by atoms with Gasteiger partial charge >= 0.3 is 6.03 Å². The maximum Gasteiger partial charge on any atom is 0.317 e. The summed E-state index contributed by atoms with van der Waals surface area (Å²) in [6.07, 6.45) is 1.90. The third-order valence-electron chi connectivity index (χ3n) is 4.52. The summed E-state index contributed by atoms with van der Waals surface area (Å²) in [6.45, 7) is 6.77. The van der Waals surface area contributed by atoms with E-state index in [0.717, 1.165) is 58.8 Å². The van der Waals surface area contributed by atoms with Gasteiger partial charge in [0.2, 0.25) is 0 Å². The van der Waals surface area contributed by atoms with Crippen LogP contribution in [0.2, 0.25) is 0 Å². The van der Waals surface area contributed by atoms with E-state index in [1.165, 1.54) is 11.1 Å². The van der Waals surface area contributed by atoms with Crippen LogP contribution in [0, 0.1) is 0 Å². The first-order valence-corrected chi connectivity index (χ1v) is 8.22. The Kier molecular flexibility index (Phi) is 5.29. The van der Waals surface area contributed by atoms with Gasteiger partial charge in [-0.15, -0.1) is 0 Å². The van der Waals surface area contributed by atoms with Crippen LogP contribution in [0.3, 0.4) is 0 Å². The number of carbonyl (C=O) groups is 1. The van der Waals surface area contributed by atoms with Gasteiger partial charge in [-0.05, 0) is 24.0 Å². The Morgan fingerprint density at radius 3 is 2.32 bits per heavy atom. The van der Waals surface area contributed by atoms with Gasteiger partial charge in [0.05, 0.1) is 13.2 Å². The molecule has 1 aromatic rings. The van der Waals surface area contributed by atoms with Crippen molar-refractivity contribution in [3.63, 3.8) is 0 Å². The molecule has 0 spiro atoms. The summed E-state index contributed by atoms with van der Waals surface area (Å²) in [5, 5.41) is 3.06. The Morgan fingerprint density at radius 1 is 1.05 bits per heavy atom. The van der Waals surface area contributed by atoms with Crippen molar-refractivity contribution in [2.75, 3.05) is 52.5 Å². The minimum atomic E-state index is 0.0704. The van der Waals surface area contributed by atoms with Crippen LogP contribution in [-0.2, 0) is 17.6 Å². The molecule has 0 aliphatic carbocycles. The largest absolute Gasteiger partial charge is 0.379 e. The predicted molar refractivity (Wildman–Crippen MR) is 86.1 cm³/mol. The first-order chi connectivity index (χ1) is 10.8. The summed E-state index contributed by atoms with van der Waals surface area (Å²) in [6, 6.07) is 8.58. The molecule has 2 amide bonds. The van der Waals surface area contributed by atoms with E-state index in [1.807, 2.05) is 4.90 Å². The molecule has 1 fully saturated rings. The summed E-state index contributed by atoms with van der Waals surface area (Å²) >= 11 is 0. The highest BCUT2D eigenvalue weighted by molar-refractivity contribution is 5.74. The van der Waals surface area contributed by atoms with Crippen molar-refractivity contribution >= 4 is 6.03 Å². The van der Waals surface area contributed by atoms with Crippen molar-refractivity contribution in [3.05, 3.63) is 35.4 Å². The minimum Gasteiger partial charge on any atom is -0.379 e. The monoisotopic (exact) mass is 303 g/mol. The SMILES string of the molecule is O=C(NCCN1CCOCC1)N1CCc2ccccc2CC1. The summed E-state index contributed by atoms with van der Waals surface area (Å²) in [5.41, 5.74) is 2.76.